The number of alkyl halides is 1. The molecule has 0 aromatic rings. The number of carbonyl (C=O) groups is 1. The van der Waals surface area contributed by atoms with E-state index in [1.165, 1.54) is 51.4 Å². The monoisotopic (exact) mass is 439 g/mol. The van der Waals surface area contributed by atoms with Gasteiger partial charge in [0.15, 0.2) is 0 Å². The molecule has 2 rings (SSSR count). The van der Waals surface area contributed by atoms with Crippen molar-refractivity contribution in [3.63, 3.8) is 0 Å². The van der Waals surface area contributed by atoms with Gasteiger partial charge in [-0.1, -0.05) is 32.3 Å². The number of nitrogens with zero attached hydrogens (tertiary/aromatic N) is 1. The largest absolute Gasteiger partial charge is 0.461 e. The second-order valence-corrected chi connectivity index (χ2v) is 9.85. The Labute approximate surface area is 188 Å². The van der Waals surface area contributed by atoms with E-state index in [-0.39, 0.29) is 18.0 Å². The Hall–Kier alpha value is -0.870. The number of allylic oxidation sites excluding steroid dienone is 1. The molecule has 0 spiro atoms. The summed E-state index contributed by atoms with van der Waals surface area (Å²) >= 11 is 5.79. The van der Waals surface area contributed by atoms with E-state index in [9.17, 15) is 4.79 Å². The van der Waals surface area contributed by atoms with Crippen LogP contribution in [0.15, 0.2) is 17.1 Å². The summed E-state index contributed by atoms with van der Waals surface area (Å²) in [5, 5.41) is -0.145. The first-order valence-electron chi connectivity index (χ1n) is 12.2. The molecule has 2 saturated carbocycles. The minimum atomic E-state index is -0.289. The number of ether oxygens (including phenoxy) is 2. The van der Waals surface area contributed by atoms with Crippen molar-refractivity contribution < 1.29 is 14.3 Å². The molecule has 1 atom stereocenters. The van der Waals surface area contributed by atoms with Crippen molar-refractivity contribution in [2.45, 2.75) is 108 Å². The molecule has 2 aliphatic carbocycles. The Morgan fingerprint density at radius 2 is 1.73 bits per heavy atom. The molecule has 0 bridgehead atoms. The van der Waals surface area contributed by atoms with E-state index in [1.54, 1.807) is 6.08 Å². The lowest BCUT2D eigenvalue weighted by Crippen LogP contribution is -2.23. The maximum absolute atomic E-state index is 11.7. The summed E-state index contributed by atoms with van der Waals surface area (Å²) < 4.78 is 11.1. The van der Waals surface area contributed by atoms with E-state index in [2.05, 4.69) is 13.1 Å². The molecule has 0 amide bonds. The van der Waals surface area contributed by atoms with Crippen LogP contribution < -0.4 is 0 Å². The predicted octanol–water partition coefficient (Wildman–Crippen LogP) is 6.50. The average molecular weight is 440 g/mol. The fourth-order valence-electron chi connectivity index (χ4n) is 4.33. The highest BCUT2D eigenvalue weighted by molar-refractivity contribution is 6.20. The highest BCUT2D eigenvalue weighted by Gasteiger charge is 2.22. The van der Waals surface area contributed by atoms with Crippen molar-refractivity contribution >= 4 is 23.8 Å². The Bertz CT molecular complexity index is 518. The zero-order valence-corrected chi connectivity index (χ0v) is 19.8. The van der Waals surface area contributed by atoms with Crippen LogP contribution in [0.1, 0.15) is 90.9 Å². The Balaban J connectivity index is 1.56. The number of hydrogen-bond donors (Lipinski definition) is 0. The molecule has 4 nitrogen and oxygen atoms in total. The lowest BCUT2D eigenvalue weighted by atomic mass is 9.85. The first kappa shape index (κ1) is 25.4. The summed E-state index contributed by atoms with van der Waals surface area (Å²) in [7, 11) is 0. The second-order valence-electron chi connectivity index (χ2n) is 9.10. The van der Waals surface area contributed by atoms with Gasteiger partial charge < -0.3 is 9.47 Å². The predicted molar refractivity (Wildman–Crippen MR) is 125 cm³/mol. The summed E-state index contributed by atoms with van der Waals surface area (Å²) in [6, 6.07) is 0.450. The molecule has 0 N–H and O–H groups in total. The van der Waals surface area contributed by atoms with Crippen LogP contribution in [0.3, 0.4) is 0 Å². The third kappa shape index (κ3) is 10.9. The van der Waals surface area contributed by atoms with Gasteiger partial charge >= 0.3 is 5.97 Å². The Morgan fingerprint density at radius 3 is 2.40 bits per heavy atom. The van der Waals surface area contributed by atoms with Crippen molar-refractivity contribution in [2.24, 2.45) is 16.8 Å². The minimum Gasteiger partial charge on any atom is -0.461 e. The SMILES string of the molecule is CCCCCCOC1CCC(C=NC2CCC(/C=C/C(=O)OCC(C)Cl)CC2)CC1. The highest BCUT2D eigenvalue weighted by Crippen LogP contribution is 2.29. The van der Waals surface area contributed by atoms with Crippen molar-refractivity contribution in [2.75, 3.05) is 13.2 Å². The number of unbranched alkanes of at least 4 members (excludes halogenated alkanes) is 3. The zero-order chi connectivity index (χ0) is 21.6. The number of halogens is 1. The van der Waals surface area contributed by atoms with E-state index >= 15 is 0 Å². The van der Waals surface area contributed by atoms with Crippen molar-refractivity contribution in [3.05, 3.63) is 12.2 Å². The topological polar surface area (TPSA) is 47.9 Å². The Kier molecular flexibility index (Phi) is 12.7. The van der Waals surface area contributed by atoms with Crippen LogP contribution in [0.4, 0.5) is 0 Å². The van der Waals surface area contributed by atoms with Gasteiger partial charge in [0.2, 0.25) is 0 Å². The molecule has 1 unspecified atom stereocenters. The van der Waals surface area contributed by atoms with E-state index in [0.717, 1.165) is 32.3 Å². The van der Waals surface area contributed by atoms with Crippen LogP contribution >= 0.6 is 11.6 Å². The van der Waals surface area contributed by atoms with Gasteiger partial charge in [0.05, 0.1) is 11.5 Å². The van der Waals surface area contributed by atoms with Gasteiger partial charge in [0, 0.05) is 24.9 Å². The van der Waals surface area contributed by atoms with E-state index in [0.29, 0.717) is 24.0 Å². The van der Waals surface area contributed by atoms with Gasteiger partial charge in [-0.3, -0.25) is 4.99 Å². The van der Waals surface area contributed by atoms with Gasteiger partial charge in [-0.25, -0.2) is 4.79 Å². The van der Waals surface area contributed by atoms with Gasteiger partial charge in [-0.05, 0) is 76.5 Å². The number of rotatable bonds is 12. The normalized spacial score (nSPS) is 28.8. The van der Waals surface area contributed by atoms with Gasteiger partial charge in [0.1, 0.15) is 6.61 Å². The zero-order valence-electron chi connectivity index (χ0n) is 19.1. The average Bonchev–Trinajstić information content (AvgIpc) is 2.76. The summed E-state index contributed by atoms with van der Waals surface area (Å²) in [5.74, 6) is 0.798. The number of carbonyl (C=O) groups excluding carboxylic acids is 1. The lowest BCUT2D eigenvalue weighted by molar-refractivity contribution is -0.137. The van der Waals surface area contributed by atoms with Crippen molar-refractivity contribution in [1.82, 2.24) is 0 Å². The van der Waals surface area contributed by atoms with Crippen LogP contribution in [0, 0.1) is 11.8 Å². The number of esters is 1. The fourth-order valence-corrected chi connectivity index (χ4v) is 4.39. The molecule has 5 heteroatoms. The fraction of sp³-hybridized carbons (Fsp3) is 0.840. The van der Waals surface area contributed by atoms with Crippen molar-refractivity contribution in [1.29, 1.82) is 0 Å². The van der Waals surface area contributed by atoms with E-state index in [1.807, 2.05) is 13.0 Å². The van der Waals surface area contributed by atoms with Crippen LogP contribution in [-0.2, 0) is 14.3 Å². The maximum Gasteiger partial charge on any atom is 0.330 e. The van der Waals surface area contributed by atoms with Crippen LogP contribution in [0.25, 0.3) is 0 Å². The molecule has 0 radical (unpaired) electrons. The molecule has 0 heterocycles. The minimum absolute atomic E-state index is 0.145. The first-order valence-corrected chi connectivity index (χ1v) is 12.6. The van der Waals surface area contributed by atoms with Gasteiger partial charge in [0.25, 0.3) is 0 Å². The molecule has 2 aliphatic rings. The van der Waals surface area contributed by atoms with E-state index in [4.69, 9.17) is 26.1 Å². The van der Waals surface area contributed by atoms with E-state index < -0.39 is 0 Å². The molecule has 0 aromatic heterocycles. The third-order valence-corrected chi connectivity index (χ3v) is 6.41. The Morgan fingerprint density at radius 1 is 1.03 bits per heavy atom. The smallest absolute Gasteiger partial charge is 0.330 e. The summed E-state index contributed by atoms with van der Waals surface area (Å²) in [4.78, 5) is 16.6. The standard InChI is InChI=1S/C25H42ClNO3/c1-3-4-5-6-17-29-24-14-9-22(10-15-24)18-27-23-12-7-21(8-13-23)11-16-25(28)30-19-20(2)26/h11,16,18,20-24H,3-10,12-15,17,19H2,1-2H3/b16-11+,27-18?. The molecule has 2 fully saturated rings. The van der Waals surface area contributed by atoms with Crippen LogP contribution in [0.5, 0.6) is 0 Å². The molecule has 0 saturated heterocycles. The molecule has 172 valence electrons. The first-order chi connectivity index (χ1) is 14.6. The van der Waals surface area contributed by atoms with Gasteiger partial charge in [-0.15, -0.1) is 11.6 Å². The second kappa shape index (κ2) is 15.0. The molecular formula is C25H42ClNO3. The van der Waals surface area contributed by atoms with Crippen molar-refractivity contribution in [3.8, 4) is 0 Å². The highest BCUT2D eigenvalue weighted by atomic mass is 35.5. The van der Waals surface area contributed by atoms with Gasteiger partial charge in [-0.2, -0.15) is 0 Å². The summed E-state index contributed by atoms with van der Waals surface area (Å²) in [6.07, 6.45) is 20.6. The quantitative estimate of drug-likeness (QED) is 0.115. The summed E-state index contributed by atoms with van der Waals surface area (Å²) in [6.45, 7) is 5.26. The number of hydrogen-bond acceptors (Lipinski definition) is 4. The van der Waals surface area contributed by atoms with Crippen LogP contribution in [0.2, 0.25) is 0 Å². The molecule has 30 heavy (non-hydrogen) atoms. The summed E-state index contributed by atoms with van der Waals surface area (Å²) in [5.41, 5.74) is 0. The molecular weight excluding hydrogens is 398 g/mol. The lowest BCUT2D eigenvalue weighted by Gasteiger charge is -2.28. The molecule has 0 aliphatic heterocycles. The molecule has 0 aromatic carbocycles. The number of aliphatic imine (C=N–C) groups is 1. The van der Waals surface area contributed by atoms with Crippen LogP contribution in [-0.4, -0.2) is 42.9 Å². The third-order valence-electron chi connectivity index (χ3n) is 6.28. The maximum atomic E-state index is 11.7.